The summed E-state index contributed by atoms with van der Waals surface area (Å²) in [5, 5.41) is 3.10. The fourth-order valence-corrected chi connectivity index (χ4v) is 0.669. The fourth-order valence-electron chi connectivity index (χ4n) is 0.669. The highest BCUT2D eigenvalue weighted by Crippen LogP contribution is 2.00. The summed E-state index contributed by atoms with van der Waals surface area (Å²) in [6.45, 7) is 8.03. The Morgan fingerprint density at radius 1 is 1.27 bits per heavy atom. The van der Waals surface area contributed by atoms with Crippen molar-refractivity contribution in [1.82, 2.24) is 5.32 Å². The van der Waals surface area contributed by atoms with Gasteiger partial charge in [0.1, 0.15) is 0 Å². The number of primary amides is 1. The van der Waals surface area contributed by atoms with Gasteiger partial charge < -0.3 is 11.1 Å². The van der Waals surface area contributed by atoms with Gasteiger partial charge in [0.15, 0.2) is 0 Å². The highest BCUT2D eigenvalue weighted by Gasteiger charge is 2.13. The molecule has 3 nitrogen and oxygen atoms in total. The molecule has 0 saturated carbocycles. The predicted molar refractivity (Wildman–Crippen MR) is 46.1 cm³/mol. The van der Waals surface area contributed by atoms with Gasteiger partial charge in [-0.1, -0.05) is 13.8 Å². The van der Waals surface area contributed by atoms with Crippen molar-refractivity contribution in [2.75, 3.05) is 0 Å². The standard InChI is InChI=1S/C8H18N2O/c1-5(2)6(3)10-7(4)8(9)11/h5-7,10H,1-4H3,(H2,9,11). The first kappa shape index (κ1) is 10.4. The molecule has 3 N–H and O–H groups in total. The van der Waals surface area contributed by atoms with Gasteiger partial charge in [-0.3, -0.25) is 4.79 Å². The monoisotopic (exact) mass is 158 g/mol. The van der Waals surface area contributed by atoms with E-state index in [1.165, 1.54) is 0 Å². The third kappa shape index (κ3) is 3.98. The van der Waals surface area contributed by atoms with Crippen LogP contribution in [0.1, 0.15) is 27.7 Å². The minimum atomic E-state index is -0.294. The van der Waals surface area contributed by atoms with Crippen LogP contribution in [0.2, 0.25) is 0 Å². The Balaban J connectivity index is 3.75. The summed E-state index contributed by atoms with van der Waals surface area (Å²) in [5.41, 5.74) is 5.08. The van der Waals surface area contributed by atoms with Crippen LogP contribution in [-0.4, -0.2) is 18.0 Å². The van der Waals surface area contributed by atoms with E-state index in [0.717, 1.165) is 0 Å². The van der Waals surface area contributed by atoms with Crippen molar-refractivity contribution in [3.63, 3.8) is 0 Å². The van der Waals surface area contributed by atoms with E-state index in [1.54, 1.807) is 6.92 Å². The summed E-state index contributed by atoms with van der Waals surface area (Å²) in [7, 11) is 0. The Hall–Kier alpha value is -0.570. The molecule has 1 amide bonds. The third-order valence-electron chi connectivity index (χ3n) is 1.94. The zero-order valence-electron chi connectivity index (χ0n) is 7.72. The van der Waals surface area contributed by atoms with Crippen LogP contribution in [0, 0.1) is 5.92 Å². The van der Waals surface area contributed by atoms with Crippen molar-refractivity contribution >= 4 is 5.91 Å². The molecule has 0 radical (unpaired) electrons. The van der Waals surface area contributed by atoms with E-state index in [-0.39, 0.29) is 11.9 Å². The maximum absolute atomic E-state index is 10.6. The first-order valence-corrected chi connectivity index (χ1v) is 4.00. The molecule has 0 fully saturated rings. The van der Waals surface area contributed by atoms with Crippen molar-refractivity contribution < 1.29 is 4.79 Å². The Kier molecular flexibility index (Phi) is 4.11. The fraction of sp³-hybridized carbons (Fsp3) is 0.875. The predicted octanol–water partition coefficient (Wildman–Crippen LogP) is 0.494. The molecule has 2 atom stereocenters. The second-order valence-electron chi connectivity index (χ2n) is 3.32. The van der Waals surface area contributed by atoms with Crippen molar-refractivity contribution in [1.29, 1.82) is 0 Å². The van der Waals surface area contributed by atoms with Crippen LogP contribution in [0.25, 0.3) is 0 Å². The number of nitrogens with one attached hydrogen (secondary N) is 1. The molecule has 0 bridgehead atoms. The van der Waals surface area contributed by atoms with Gasteiger partial charge in [0.05, 0.1) is 6.04 Å². The van der Waals surface area contributed by atoms with Crippen LogP contribution < -0.4 is 11.1 Å². The summed E-state index contributed by atoms with van der Waals surface area (Å²) < 4.78 is 0. The number of carbonyl (C=O) groups excluding carboxylic acids is 1. The minimum absolute atomic E-state index is 0.229. The molecule has 0 aromatic rings. The number of rotatable bonds is 4. The first-order valence-electron chi connectivity index (χ1n) is 4.00. The van der Waals surface area contributed by atoms with E-state index in [4.69, 9.17) is 5.73 Å². The lowest BCUT2D eigenvalue weighted by atomic mass is 10.1. The smallest absolute Gasteiger partial charge is 0.234 e. The minimum Gasteiger partial charge on any atom is -0.368 e. The summed E-state index contributed by atoms with van der Waals surface area (Å²) >= 11 is 0. The average molecular weight is 158 g/mol. The maximum Gasteiger partial charge on any atom is 0.234 e. The molecule has 0 aromatic heterocycles. The summed E-state index contributed by atoms with van der Waals surface area (Å²) in [6.07, 6.45) is 0. The largest absolute Gasteiger partial charge is 0.368 e. The van der Waals surface area contributed by atoms with Gasteiger partial charge in [0, 0.05) is 6.04 Å². The van der Waals surface area contributed by atoms with Crippen molar-refractivity contribution in [3.8, 4) is 0 Å². The highest BCUT2D eigenvalue weighted by molar-refractivity contribution is 5.79. The lowest BCUT2D eigenvalue weighted by Gasteiger charge is -2.20. The second kappa shape index (κ2) is 4.34. The van der Waals surface area contributed by atoms with Crippen LogP contribution in [0.5, 0.6) is 0 Å². The number of carbonyl (C=O) groups is 1. The molecule has 0 aromatic carbocycles. The highest BCUT2D eigenvalue weighted by atomic mass is 16.1. The van der Waals surface area contributed by atoms with E-state index in [9.17, 15) is 4.79 Å². The number of hydrogen-bond acceptors (Lipinski definition) is 2. The van der Waals surface area contributed by atoms with Crippen LogP contribution in [0.4, 0.5) is 0 Å². The van der Waals surface area contributed by atoms with Gasteiger partial charge in [-0.2, -0.15) is 0 Å². The van der Waals surface area contributed by atoms with E-state index in [0.29, 0.717) is 12.0 Å². The van der Waals surface area contributed by atoms with E-state index in [1.807, 2.05) is 6.92 Å². The van der Waals surface area contributed by atoms with Crippen LogP contribution in [0.3, 0.4) is 0 Å². The molecular weight excluding hydrogens is 140 g/mol. The van der Waals surface area contributed by atoms with Crippen LogP contribution in [-0.2, 0) is 4.79 Å². The summed E-state index contributed by atoms with van der Waals surface area (Å²) in [4.78, 5) is 10.6. The van der Waals surface area contributed by atoms with Crippen LogP contribution in [0.15, 0.2) is 0 Å². The molecule has 0 spiro atoms. The molecule has 0 heterocycles. The number of hydrogen-bond donors (Lipinski definition) is 2. The summed E-state index contributed by atoms with van der Waals surface area (Å²) in [5.74, 6) is 0.231. The lowest BCUT2D eigenvalue weighted by Crippen LogP contribution is -2.45. The molecule has 3 heteroatoms. The second-order valence-corrected chi connectivity index (χ2v) is 3.32. The molecule has 2 unspecified atom stereocenters. The van der Waals surface area contributed by atoms with E-state index < -0.39 is 0 Å². The zero-order chi connectivity index (χ0) is 9.02. The quantitative estimate of drug-likeness (QED) is 0.625. The SMILES string of the molecule is CC(NC(C)C(C)C)C(N)=O. The Morgan fingerprint density at radius 3 is 2.00 bits per heavy atom. The Bertz CT molecular complexity index is 134. The van der Waals surface area contributed by atoms with E-state index >= 15 is 0 Å². The molecule has 66 valence electrons. The molecule has 0 aliphatic heterocycles. The van der Waals surface area contributed by atoms with Crippen LogP contribution >= 0.6 is 0 Å². The van der Waals surface area contributed by atoms with Gasteiger partial charge in [0.2, 0.25) is 5.91 Å². The molecule has 11 heavy (non-hydrogen) atoms. The molecular formula is C8H18N2O. The van der Waals surface area contributed by atoms with Gasteiger partial charge in [0.25, 0.3) is 0 Å². The van der Waals surface area contributed by atoms with Crippen molar-refractivity contribution in [2.24, 2.45) is 11.7 Å². The lowest BCUT2D eigenvalue weighted by molar-refractivity contribution is -0.119. The molecule has 0 rings (SSSR count). The number of amides is 1. The molecule has 0 saturated heterocycles. The van der Waals surface area contributed by atoms with Gasteiger partial charge in [-0.25, -0.2) is 0 Å². The Morgan fingerprint density at radius 2 is 1.73 bits per heavy atom. The molecule has 0 aliphatic carbocycles. The van der Waals surface area contributed by atoms with Crippen molar-refractivity contribution in [3.05, 3.63) is 0 Å². The average Bonchev–Trinajstić information content (AvgIpc) is 1.87. The van der Waals surface area contributed by atoms with Gasteiger partial charge in [-0.05, 0) is 19.8 Å². The third-order valence-corrected chi connectivity index (χ3v) is 1.94. The molecule has 0 aliphatic rings. The van der Waals surface area contributed by atoms with Crippen molar-refractivity contribution in [2.45, 2.75) is 39.8 Å². The van der Waals surface area contributed by atoms with Gasteiger partial charge in [-0.15, -0.1) is 0 Å². The van der Waals surface area contributed by atoms with E-state index in [2.05, 4.69) is 19.2 Å². The zero-order valence-corrected chi connectivity index (χ0v) is 7.72. The first-order chi connectivity index (χ1) is 4.95. The number of nitrogens with two attached hydrogens (primary N) is 1. The summed E-state index contributed by atoms with van der Waals surface area (Å²) in [6, 6.07) is 0.102. The topological polar surface area (TPSA) is 55.1 Å². The maximum atomic E-state index is 10.6. The Labute approximate surface area is 68.3 Å². The van der Waals surface area contributed by atoms with Gasteiger partial charge >= 0.3 is 0 Å². The normalized spacial score (nSPS) is 16.5.